The maximum atomic E-state index is 11.4. The number of carbonyl (C=O) groups excluding carboxylic acids is 2. The van der Waals surface area contributed by atoms with Crippen LogP contribution in [-0.4, -0.2) is 29.8 Å². The molecular weight excluding hydrogens is 208 g/mol. The van der Waals surface area contributed by atoms with Crippen molar-refractivity contribution < 1.29 is 14.3 Å². The van der Waals surface area contributed by atoms with E-state index in [0.717, 1.165) is 0 Å². The summed E-state index contributed by atoms with van der Waals surface area (Å²) in [7, 11) is 0. The van der Waals surface area contributed by atoms with Gasteiger partial charge in [0.05, 0.1) is 6.20 Å². The zero-order valence-electron chi connectivity index (χ0n) is 9.27. The van der Waals surface area contributed by atoms with Crippen LogP contribution in [0, 0.1) is 0 Å². The van der Waals surface area contributed by atoms with Crippen LogP contribution in [0.3, 0.4) is 0 Å². The molecule has 1 aromatic heterocycles. The number of hydrogen-bond donors (Lipinski definition) is 1. The van der Waals surface area contributed by atoms with Crippen molar-refractivity contribution in [3.05, 3.63) is 24.0 Å². The highest BCUT2D eigenvalue weighted by Gasteiger charge is 2.13. The molecule has 0 aliphatic heterocycles. The molecule has 5 heteroatoms. The van der Waals surface area contributed by atoms with Gasteiger partial charge in [-0.05, 0) is 26.0 Å². The zero-order chi connectivity index (χ0) is 12.0. The number of likely N-dealkylation sites (N-methyl/N-ethyl adjacent to an activating group) is 1. The van der Waals surface area contributed by atoms with E-state index in [1.807, 2.05) is 6.92 Å². The lowest BCUT2D eigenvalue weighted by atomic mass is 10.3. The highest BCUT2D eigenvalue weighted by Crippen LogP contribution is 2.10. The second-order valence-electron chi connectivity index (χ2n) is 3.19. The van der Waals surface area contributed by atoms with Gasteiger partial charge in [0.2, 0.25) is 0 Å². The zero-order valence-corrected chi connectivity index (χ0v) is 9.27. The van der Waals surface area contributed by atoms with Gasteiger partial charge in [0.1, 0.15) is 11.4 Å². The summed E-state index contributed by atoms with van der Waals surface area (Å²) in [6.07, 6.45) is 1.49. The number of amides is 1. The van der Waals surface area contributed by atoms with E-state index in [0.29, 0.717) is 24.3 Å². The number of carbonyl (C=O) groups is 2. The fraction of sp³-hybridized carbons (Fsp3) is 0.364. The molecule has 0 radical (unpaired) electrons. The fourth-order valence-corrected chi connectivity index (χ4v) is 1.11. The maximum Gasteiger partial charge on any atom is 0.260 e. The second-order valence-corrected chi connectivity index (χ2v) is 3.19. The minimum Gasteiger partial charge on any atom is -0.479 e. The third-order valence-electron chi connectivity index (χ3n) is 1.91. The molecule has 0 fully saturated rings. The Kier molecular flexibility index (Phi) is 4.44. The van der Waals surface area contributed by atoms with Crippen LogP contribution in [0.1, 0.15) is 24.3 Å². The molecule has 1 heterocycles. The normalized spacial score (nSPS) is 11.6. The first-order valence-corrected chi connectivity index (χ1v) is 5.03. The van der Waals surface area contributed by atoms with Gasteiger partial charge in [-0.2, -0.15) is 0 Å². The Morgan fingerprint density at radius 2 is 2.38 bits per heavy atom. The maximum absolute atomic E-state index is 11.4. The van der Waals surface area contributed by atoms with E-state index < -0.39 is 6.10 Å². The van der Waals surface area contributed by atoms with Crippen molar-refractivity contribution in [1.82, 2.24) is 10.3 Å². The lowest BCUT2D eigenvalue weighted by molar-refractivity contribution is -0.127. The Labute approximate surface area is 93.8 Å². The monoisotopic (exact) mass is 222 g/mol. The summed E-state index contributed by atoms with van der Waals surface area (Å²) in [6.45, 7) is 4.05. The number of aldehydes is 1. The number of ether oxygens (including phenoxy) is 1. The Morgan fingerprint density at radius 1 is 1.62 bits per heavy atom. The highest BCUT2D eigenvalue weighted by molar-refractivity contribution is 5.80. The lowest BCUT2D eigenvalue weighted by Gasteiger charge is -2.13. The van der Waals surface area contributed by atoms with Crippen molar-refractivity contribution in [2.75, 3.05) is 6.54 Å². The topological polar surface area (TPSA) is 68.3 Å². The third-order valence-corrected chi connectivity index (χ3v) is 1.91. The molecule has 1 aromatic rings. The van der Waals surface area contributed by atoms with Crippen molar-refractivity contribution in [3.8, 4) is 5.75 Å². The van der Waals surface area contributed by atoms with Crippen molar-refractivity contribution in [1.29, 1.82) is 0 Å². The quantitative estimate of drug-likeness (QED) is 0.748. The van der Waals surface area contributed by atoms with Gasteiger partial charge in [-0.3, -0.25) is 9.59 Å². The summed E-state index contributed by atoms with van der Waals surface area (Å²) >= 11 is 0. The molecule has 5 nitrogen and oxygen atoms in total. The summed E-state index contributed by atoms with van der Waals surface area (Å²) in [4.78, 5) is 25.6. The van der Waals surface area contributed by atoms with Gasteiger partial charge in [-0.1, -0.05) is 0 Å². The predicted octanol–water partition coefficient (Wildman–Crippen LogP) is 0.798. The Bertz CT molecular complexity index is 362. The van der Waals surface area contributed by atoms with Gasteiger partial charge in [0.15, 0.2) is 12.4 Å². The second kappa shape index (κ2) is 5.85. The molecule has 0 aliphatic carbocycles. The molecule has 1 atom stereocenters. The fourth-order valence-electron chi connectivity index (χ4n) is 1.11. The molecule has 1 amide bonds. The van der Waals surface area contributed by atoms with Gasteiger partial charge in [0, 0.05) is 6.54 Å². The average Bonchev–Trinajstić information content (AvgIpc) is 2.30. The SMILES string of the molecule is CCNC(=O)C(C)Oc1ccc(C=O)nc1. The van der Waals surface area contributed by atoms with Gasteiger partial charge in [-0.15, -0.1) is 0 Å². The van der Waals surface area contributed by atoms with Crippen LogP contribution in [0.15, 0.2) is 18.3 Å². The molecule has 0 aromatic carbocycles. The molecular formula is C11H14N2O3. The van der Waals surface area contributed by atoms with Gasteiger partial charge >= 0.3 is 0 Å². The smallest absolute Gasteiger partial charge is 0.260 e. The molecule has 86 valence electrons. The molecule has 0 spiro atoms. The van der Waals surface area contributed by atoms with Crippen molar-refractivity contribution in [2.45, 2.75) is 20.0 Å². The first-order valence-electron chi connectivity index (χ1n) is 5.03. The molecule has 16 heavy (non-hydrogen) atoms. The van der Waals surface area contributed by atoms with E-state index in [2.05, 4.69) is 10.3 Å². The Hall–Kier alpha value is -1.91. The van der Waals surface area contributed by atoms with E-state index in [1.54, 1.807) is 13.0 Å². The van der Waals surface area contributed by atoms with Crippen LogP contribution in [0.25, 0.3) is 0 Å². The summed E-state index contributed by atoms with van der Waals surface area (Å²) < 4.78 is 5.34. The lowest BCUT2D eigenvalue weighted by Crippen LogP contribution is -2.36. The summed E-state index contributed by atoms with van der Waals surface area (Å²) in [6, 6.07) is 3.14. The van der Waals surface area contributed by atoms with Gasteiger partial charge in [-0.25, -0.2) is 4.98 Å². The number of nitrogens with zero attached hydrogens (tertiary/aromatic N) is 1. The highest BCUT2D eigenvalue weighted by atomic mass is 16.5. The predicted molar refractivity (Wildman–Crippen MR) is 58.4 cm³/mol. The minimum absolute atomic E-state index is 0.179. The van der Waals surface area contributed by atoms with E-state index in [1.165, 1.54) is 12.3 Å². The molecule has 1 unspecified atom stereocenters. The molecule has 0 aliphatic rings. The molecule has 0 bridgehead atoms. The number of aromatic nitrogens is 1. The van der Waals surface area contributed by atoms with Crippen LogP contribution in [0.5, 0.6) is 5.75 Å². The van der Waals surface area contributed by atoms with Crippen molar-refractivity contribution >= 4 is 12.2 Å². The number of pyridine rings is 1. The number of nitrogens with one attached hydrogen (secondary N) is 1. The Morgan fingerprint density at radius 3 is 2.88 bits per heavy atom. The minimum atomic E-state index is -0.580. The van der Waals surface area contributed by atoms with Crippen LogP contribution in [0.2, 0.25) is 0 Å². The molecule has 1 rings (SSSR count). The number of hydrogen-bond acceptors (Lipinski definition) is 4. The van der Waals surface area contributed by atoms with E-state index >= 15 is 0 Å². The van der Waals surface area contributed by atoms with Crippen molar-refractivity contribution in [2.24, 2.45) is 0 Å². The van der Waals surface area contributed by atoms with Crippen molar-refractivity contribution in [3.63, 3.8) is 0 Å². The van der Waals surface area contributed by atoms with Crippen LogP contribution in [0.4, 0.5) is 0 Å². The average molecular weight is 222 g/mol. The standard InChI is InChI=1S/C11H14N2O3/c1-3-12-11(15)8(2)16-10-5-4-9(7-14)13-6-10/h4-8H,3H2,1-2H3,(H,12,15). The summed E-state index contributed by atoms with van der Waals surface area (Å²) in [5.74, 6) is 0.284. The van der Waals surface area contributed by atoms with Gasteiger partial charge in [0.25, 0.3) is 5.91 Å². The van der Waals surface area contributed by atoms with Gasteiger partial charge < -0.3 is 10.1 Å². The van der Waals surface area contributed by atoms with Crippen LogP contribution >= 0.6 is 0 Å². The van der Waals surface area contributed by atoms with E-state index in [-0.39, 0.29) is 5.91 Å². The van der Waals surface area contributed by atoms with E-state index in [9.17, 15) is 9.59 Å². The summed E-state index contributed by atoms with van der Waals surface area (Å²) in [5, 5.41) is 2.65. The first-order chi connectivity index (χ1) is 7.67. The van der Waals surface area contributed by atoms with Crippen LogP contribution < -0.4 is 10.1 Å². The number of rotatable bonds is 5. The molecule has 0 saturated heterocycles. The summed E-state index contributed by atoms with van der Waals surface area (Å²) in [5.41, 5.74) is 0.331. The van der Waals surface area contributed by atoms with Crippen LogP contribution in [-0.2, 0) is 4.79 Å². The Balaban J connectivity index is 2.58. The van der Waals surface area contributed by atoms with E-state index in [4.69, 9.17) is 4.74 Å². The molecule has 0 saturated carbocycles. The first kappa shape index (κ1) is 12.2. The largest absolute Gasteiger partial charge is 0.479 e. The molecule has 1 N–H and O–H groups in total. The third kappa shape index (κ3) is 3.34.